The molecule has 14 atom stereocenters. The number of carbonyl (C=O) groups excluding carboxylic acids is 12. The van der Waals surface area contributed by atoms with Gasteiger partial charge in [-0.3, -0.25) is 0 Å². The first kappa shape index (κ1) is 97.7. The van der Waals surface area contributed by atoms with Crippen LogP contribution in [-0.4, -0.2) is 312 Å². The van der Waals surface area contributed by atoms with E-state index in [1.165, 1.54) is 21.3 Å². The van der Waals surface area contributed by atoms with Gasteiger partial charge in [0.2, 0.25) is 12.5 Å². The summed E-state index contributed by atoms with van der Waals surface area (Å²) in [4.78, 5) is 134. The van der Waals surface area contributed by atoms with Crippen molar-refractivity contribution in [2.24, 2.45) is 0 Å². The molecule has 0 radical (unpaired) electrons. The molecule has 8 saturated heterocycles. The molecule has 618 valence electrons. The predicted octanol–water partition coefficient (Wildman–Crippen LogP) is 1.02. The molecule has 8 heterocycles. The van der Waals surface area contributed by atoms with Crippen LogP contribution >= 0.6 is 0 Å². The van der Waals surface area contributed by atoms with Crippen molar-refractivity contribution in [3.05, 3.63) is 0 Å². The quantitative estimate of drug-likeness (QED) is 0.0632. The van der Waals surface area contributed by atoms with Gasteiger partial charge in [0, 0.05) is 0 Å². The van der Waals surface area contributed by atoms with E-state index in [2.05, 4.69) is 56.8 Å². The van der Waals surface area contributed by atoms with Crippen molar-refractivity contribution in [2.75, 3.05) is 137 Å². The molecule has 8 rings (SSSR count). The molecule has 45 heteroatoms. The SMILES string of the molecule is CC(C)OC(=O)C1OCOC1C(=O)OC(C)C.CCCCOC(=O)C1OCOC1C(=O)OCCCC.CCOC(=O)C1OCOC1C(=O)OCC.COC(=O)C1(C)COCO1.COC(=O)C1(F)COCO1.COC(=O)C1OCOC1C(=O)OC.COC(=O)C1OCOC1C(F)(F)F.COC(=O)C1OCOC1F. The fourth-order valence-corrected chi connectivity index (χ4v) is 8.02. The van der Waals surface area contributed by atoms with Crippen LogP contribution in [0.3, 0.4) is 0 Å². The van der Waals surface area contributed by atoms with Crippen molar-refractivity contribution in [1.29, 1.82) is 0 Å². The minimum absolute atomic E-state index is 0.0961. The highest BCUT2D eigenvalue weighted by Gasteiger charge is 2.54. The van der Waals surface area contributed by atoms with Gasteiger partial charge in [0.05, 0.1) is 87.9 Å². The summed E-state index contributed by atoms with van der Waals surface area (Å²) in [5.74, 6) is -10.5. The van der Waals surface area contributed by atoms with Crippen LogP contribution < -0.4 is 0 Å². The number of hydrogen-bond donors (Lipinski definition) is 0. The van der Waals surface area contributed by atoms with Crippen LogP contribution in [0.1, 0.15) is 88.0 Å². The summed E-state index contributed by atoms with van der Waals surface area (Å²) in [5.41, 5.74) is -0.880. The highest BCUT2D eigenvalue weighted by molar-refractivity contribution is 5.88. The number of carbonyl (C=O) groups is 12. The first-order chi connectivity index (χ1) is 50.6. The monoisotopic (exact) mass is 1570 g/mol. The number of halogens is 5. The Morgan fingerprint density at radius 2 is 0.692 bits per heavy atom. The Morgan fingerprint density at radius 3 is 0.991 bits per heavy atom. The van der Waals surface area contributed by atoms with Gasteiger partial charge in [-0.25, -0.2) is 61.9 Å². The Bertz CT molecular complexity index is 2580. The minimum Gasteiger partial charge on any atom is -0.467 e. The van der Waals surface area contributed by atoms with Crippen LogP contribution in [0.4, 0.5) is 22.0 Å². The summed E-state index contributed by atoms with van der Waals surface area (Å²) >= 11 is 0. The molecule has 0 amide bonds. The maximum atomic E-state index is 12.9. The maximum Gasteiger partial charge on any atom is 0.417 e. The summed E-state index contributed by atoms with van der Waals surface area (Å²) in [6.07, 6.45) is -16.7. The van der Waals surface area contributed by atoms with E-state index in [1.807, 2.05) is 13.8 Å². The number of unbranched alkanes of at least 4 members (excludes halogenated alkanes) is 2. The average molecular weight is 1580 g/mol. The highest BCUT2D eigenvalue weighted by atomic mass is 19.4. The normalized spacial score (nSPS) is 27.1. The van der Waals surface area contributed by atoms with E-state index in [-0.39, 0.29) is 92.2 Å². The van der Waals surface area contributed by atoms with Crippen LogP contribution in [-0.2, 0) is 190 Å². The van der Waals surface area contributed by atoms with E-state index in [0.29, 0.717) is 13.2 Å². The van der Waals surface area contributed by atoms with Crippen LogP contribution in [0.15, 0.2) is 0 Å². The Labute approximate surface area is 610 Å². The van der Waals surface area contributed by atoms with Gasteiger partial charge in [-0.1, -0.05) is 26.7 Å². The first-order valence-corrected chi connectivity index (χ1v) is 32.4. The number of ether oxygens (including phenoxy) is 28. The standard InChI is InChI=1S/C13H22O6.C11H18O6.C9H14O6.C7H10O6.C6H7F3O4.C6H10O4.2C5H7FO4/c1-3-5-7-16-12(14)10-11(19-9-18-10)13(15)17-8-6-4-2;1-6(2)16-10(12)8-9(15-5-14-8)11(13)17-7(3)4;1-3-12-8(10)6-7(15-5-14-6)9(11)13-4-2;1-10-6(8)4-5(7(9)11-2)13-3-12-4;1-11-5(10)3-4(6(7,8)9)13-2-12-3;1-6(5(7)8-2)3-9-4-10-6;1-8-4(7)5(6)2-9-3-10-5;1-8-5(7)3-4(6)10-2-9-3/h10-11H,3-9H2,1-2H3;6-9H,5H2,1-4H3;6-7H,3-5H2,1-2H3;4-5H,3H2,1-2H3;3-4H,2H2,1H3;3-4H2,1-2H3;2-3H2,1H3;3-4H,2H2,1H3. The minimum atomic E-state index is -4.62. The molecule has 0 bridgehead atoms. The van der Waals surface area contributed by atoms with Crippen molar-refractivity contribution in [2.45, 2.75) is 191 Å². The molecule has 14 unspecified atom stereocenters. The van der Waals surface area contributed by atoms with Crippen molar-refractivity contribution in [3.63, 3.8) is 0 Å². The molecule has 0 aromatic heterocycles. The van der Waals surface area contributed by atoms with E-state index in [0.717, 1.165) is 47.0 Å². The van der Waals surface area contributed by atoms with Crippen LogP contribution in [0.25, 0.3) is 0 Å². The summed E-state index contributed by atoms with van der Waals surface area (Å²) in [6, 6.07) is 0. The van der Waals surface area contributed by atoms with Crippen LogP contribution in [0.5, 0.6) is 0 Å². The average Bonchev–Trinajstić information content (AvgIpc) is 1.73. The number of esters is 12. The van der Waals surface area contributed by atoms with Crippen molar-refractivity contribution >= 4 is 71.6 Å². The lowest BCUT2D eigenvalue weighted by molar-refractivity contribution is -0.213. The van der Waals surface area contributed by atoms with E-state index in [4.69, 9.17) is 75.8 Å². The first-order valence-electron chi connectivity index (χ1n) is 32.4. The molecule has 0 aromatic rings. The zero-order valence-corrected chi connectivity index (χ0v) is 61.5. The second kappa shape index (κ2) is 51.9. The molecule has 8 fully saturated rings. The maximum absolute atomic E-state index is 12.9. The fraction of sp³-hybridized carbons (Fsp3) is 0.806. The van der Waals surface area contributed by atoms with Gasteiger partial charge in [0.25, 0.3) is 0 Å². The topological polar surface area (TPSA) is 463 Å². The van der Waals surface area contributed by atoms with Gasteiger partial charge in [-0.05, 0) is 61.3 Å². The summed E-state index contributed by atoms with van der Waals surface area (Å²) in [6.45, 7) is 15.7. The third-order valence-corrected chi connectivity index (χ3v) is 13.4. The summed E-state index contributed by atoms with van der Waals surface area (Å²) in [7, 11) is 6.98. The molecule has 8 aliphatic heterocycles. The molecule has 8 aliphatic rings. The molecule has 0 spiro atoms. The molecule has 0 aromatic carbocycles. The van der Waals surface area contributed by atoms with Crippen LogP contribution in [0, 0.1) is 0 Å². The van der Waals surface area contributed by atoms with Gasteiger partial charge >= 0.3 is 83.7 Å². The Hall–Kier alpha value is -7.35. The van der Waals surface area contributed by atoms with Gasteiger partial charge in [0.15, 0.2) is 80.2 Å². The summed E-state index contributed by atoms with van der Waals surface area (Å²) < 4.78 is 193. The Kier molecular flexibility index (Phi) is 47.4. The molecular weight excluding hydrogens is 1480 g/mol. The number of hydrogen-bond acceptors (Lipinski definition) is 40. The fourth-order valence-electron chi connectivity index (χ4n) is 8.02. The Balaban J connectivity index is 0.000000617. The van der Waals surface area contributed by atoms with Crippen molar-refractivity contribution in [3.8, 4) is 0 Å². The molecule has 107 heavy (non-hydrogen) atoms. The number of rotatable bonds is 22. The van der Waals surface area contributed by atoms with E-state index in [1.54, 1.807) is 48.5 Å². The lowest BCUT2D eigenvalue weighted by atomic mass is 10.1. The third-order valence-electron chi connectivity index (χ3n) is 13.4. The van der Waals surface area contributed by atoms with Gasteiger partial charge < -0.3 is 133 Å². The molecule has 0 N–H and O–H groups in total. The van der Waals surface area contributed by atoms with Gasteiger partial charge in [-0.15, -0.1) is 0 Å². The van der Waals surface area contributed by atoms with Crippen LogP contribution in [0.2, 0.25) is 0 Å². The third kappa shape index (κ3) is 34.0. The molecule has 0 aliphatic carbocycles. The second-order valence-corrected chi connectivity index (χ2v) is 22.0. The second-order valence-electron chi connectivity index (χ2n) is 22.0. The smallest absolute Gasteiger partial charge is 0.417 e. The predicted molar refractivity (Wildman–Crippen MR) is 330 cm³/mol. The molecular formula is C62H95F5O40. The van der Waals surface area contributed by atoms with Gasteiger partial charge in [-0.2, -0.15) is 17.6 Å². The highest BCUT2D eigenvalue weighted by Crippen LogP contribution is 2.31. The van der Waals surface area contributed by atoms with E-state index in [9.17, 15) is 79.5 Å². The van der Waals surface area contributed by atoms with Crippen molar-refractivity contribution < 1.29 is 212 Å². The molecule has 40 nitrogen and oxygen atoms in total. The number of alkyl halides is 5. The van der Waals surface area contributed by atoms with E-state index < -0.39 is 164 Å². The number of methoxy groups -OCH3 is 6. The van der Waals surface area contributed by atoms with Gasteiger partial charge in [0.1, 0.15) is 47.4 Å². The lowest BCUT2D eigenvalue weighted by Crippen LogP contribution is -2.42. The Morgan fingerprint density at radius 1 is 0.383 bits per heavy atom. The zero-order chi connectivity index (χ0) is 81.0. The van der Waals surface area contributed by atoms with E-state index >= 15 is 0 Å². The molecule has 0 saturated carbocycles. The summed E-state index contributed by atoms with van der Waals surface area (Å²) in [5, 5.41) is 0. The largest absolute Gasteiger partial charge is 0.467 e. The lowest BCUT2D eigenvalue weighted by Gasteiger charge is -2.17. The van der Waals surface area contributed by atoms with Crippen molar-refractivity contribution in [1.82, 2.24) is 0 Å². The zero-order valence-electron chi connectivity index (χ0n) is 61.5.